The van der Waals surface area contributed by atoms with Gasteiger partial charge in [0.15, 0.2) is 0 Å². The van der Waals surface area contributed by atoms with Crippen molar-refractivity contribution in [1.29, 1.82) is 0 Å². The van der Waals surface area contributed by atoms with Crippen LogP contribution in [0.4, 0.5) is 0 Å². The van der Waals surface area contributed by atoms with E-state index in [2.05, 4.69) is 18.5 Å². The van der Waals surface area contributed by atoms with Crippen LogP contribution in [0.1, 0.15) is 0 Å². The van der Waals surface area contributed by atoms with Gasteiger partial charge in [-0.2, -0.15) is 0 Å². The summed E-state index contributed by atoms with van der Waals surface area (Å²) in [6, 6.07) is 0. The van der Waals surface area contributed by atoms with Gasteiger partial charge in [0.25, 0.3) is 0 Å². The average molecular weight is 277 g/mol. The third-order valence-electron chi connectivity index (χ3n) is 2.68. The average Bonchev–Trinajstić information content (AvgIpc) is 2.43. The Bertz CT molecular complexity index is 249. The minimum Gasteiger partial charge on any atom is -0.389 e. The highest BCUT2D eigenvalue weighted by molar-refractivity contribution is 4.90. The summed E-state index contributed by atoms with van der Waals surface area (Å²) in [6.45, 7) is 6.32. The normalized spacial score (nSPS) is 20.9. The van der Waals surface area contributed by atoms with Gasteiger partial charge in [0, 0.05) is 13.1 Å². The molecule has 0 saturated carbocycles. The lowest BCUT2D eigenvalue weighted by atomic mass is 10.1. The number of aliphatic hydroxyl groups is 6. The van der Waals surface area contributed by atoms with Crippen LogP contribution in [0.15, 0.2) is 25.3 Å². The Kier molecular flexibility index (Phi) is 8.77. The molecule has 0 aliphatic heterocycles. The van der Waals surface area contributed by atoms with Crippen LogP contribution in [0.2, 0.25) is 0 Å². The third-order valence-corrected chi connectivity index (χ3v) is 2.68. The number of rotatable bonds is 10. The van der Waals surface area contributed by atoms with E-state index < -0.39 is 36.6 Å². The molecule has 7 heteroatoms. The number of hydrogen-bond donors (Lipinski definition) is 7. The van der Waals surface area contributed by atoms with Crippen molar-refractivity contribution in [3.05, 3.63) is 25.3 Å². The molecule has 0 aromatic rings. The van der Waals surface area contributed by atoms with Gasteiger partial charge in [-0.3, -0.25) is 0 Å². The first kappa shape index (κ1) is 18.2. The van der Waals surface area contributed by atoms with Crippen molar-refractivity contribution in [2.75, 3.05) is 13.1 Å². The second kappa shape index (κ2) is 9.16. The van der Waals surface area contributed by atoms with Crippen LogP contribution in [-0.2, 0) is 0 Å². The monoisotopic (exact) mass is 277 g/mol. The van der Waals surface area contributed by atoms with Gasteiger partial charge in [0.1, 0.15) is 24.4 Å². The molecular weight excluding hydrogens is 254 g/mol. The Hall–Kier alpha value is -0.800. The number of hydrogen-bond acceptors (Lipinski definition) is 7. The lowest BCUT2D eigenvalue weighted by Gasteiger charge is -2.24. The van der Waals surface area contributed by atoms with Crippen LogP contribution in [-0.4, -0.2) is 80.4 Å². The molecule has 0 fully saturated rings. The standard InChI is InChI=1S/C12H23NO6/c1-3-7(14)11(18)9(16)5-13-6-10(17)12(19)8(15)4-2/h3-4,7-19H,1-2,5-6H2/t7-,8-,9+,10+,11+,12+/m1/s1. The predicted octanol–water partition coefficient (Wildman–Crippen LogP) is -2.89. The van der Waals surface area contributed by atoms with Crippen molar-refractivity contribution < 1.29 is 30.6 Å². The van der Waals surface area contributed by atoms with Crippen molar-refractivity contribution in [2.24, 2.45) is 0 Å². The van der Waals surface area contributed by atoms with E-state index in [0.717, 1.165) is 12.2 Å². The van der Waals surface area contributed by atoms with E-state index in [4.69, 9.17) is 0 Å². The third kappa shape index (κ3) is 6.26. The van der Waals surface area contributed by atoms with Crippen LogP contribution in [0.3, 0.4) is 0 Å². The first-order valence-corrected chi connectivity index (χ1v) is 5.89. The fraction of sp³-hybridized carbons (Fsp3) is 0.667. The summed E-state index contributed by atoms with van der Waals surface area (Å²) in [4.78, 5) is 0. The maximum absolute atomic E-state index is 9.50. The van der Waals surface area contributed by atoms with Gasteiger partial charge in [-0.1, -0.05) is 12.2 Å². The van der Waals surface area contributed by atoms with Gasteiger partial charge >= 0.3 is 0 Å². The summed E-state index contributed by atoms with van der Waals surface area (Å²) in [5.74, 6) is 0. The predicted molar refractivity (Wildman–Crippen MR) is 69.3 cm³/mol. The van der Waals surface area contributed by atoms with Crippen LogP contribution < -0.4 is 5.32 Å². The molecule has 0 aliphatic carbocycles. The topological polar surface area (TPSA) is 133 Å². The summed E-state index contributed by atoms with van der Waals surface area (Å²) >= 11 is 0. The highest BCUT2D eigenvalue weighted by Gasteiger charge is 2.24. The molecular formula is C12H23NO6. The summed E-state index contributed by atoms with van der Waals surface area (Å²) in [6.07, 6.45) is -5.65. The molecule has 0 unspecified atom stereocenters. The second-order valence-corrected chi connectivity index (χ2v) is 4.23. The van der Waals surface area contributed by atoms with Crippen molar-refractivity contribution >= 4 is 0 Å². The van der Waals surface area contributed by atoms with Crippen LogP contribution in [0.5, 0.6) is 0 Å². The Morgan fingerprint density at radius 3 is 1.32 bits per heavy atom. The number of aliphatic hydroxyl groups excluding tert-OH is 6. The fourth-order valence-electron chi connectivity index (χ4n) is 1.35. The molecule has 6 atom stereocenters. The zero-order valence-corrected chi connectivity index (χ0v) is 10.6. The van der Waals surface area contributed by atoms with Crippen LogP contribution in [0.25, 0.3) is 0 Å². The van der Waals surface area contributed by atoms with E-state index in [-0.39, 0.29) is 13.1 Å². The lowest BCUT2D eigenvalue weighted by Crippen LogP contribution is -2.47. The van der Waals surface area contributed by atoms with Crippen molar-refractivity contribution in [3.8, 4) is 0 Å². The van der Waals surface area contributed by atoms with Crippen LogP contribution in [0, 0.1) is 0 Å². The Balaban J connectivity index is 4.02. The minimum atomic E-state index is -1.40. The van der Waals surface area contributed by atoms with Gasteiger partial charge < -0.3 is 36.0 Å². The van der Waals surface area contributed by atoms with Crippen molar-refractivity contribution in [3.63, 3.8) is 0 Å². The maximum atomic E-state index is 9.50. The molecule has 0 amide bonds. The van der Waals surface area contributed by atoms with Gasteiger partial charge in [-0.25, -0.2) is 0 Å². The summed E-state index contributed by atoms with van der Waals surface area (Å²) in [5, 5.41) is 58.8. The summed E-state index contributed by atoms with van der Waals surface area (Å²) in [5.41, 5.74) is 0. The molecule has 0 aromatic carbocycles. The maximum Gasteiger partial charge on any atom is 0.111 e. The zero-order valence-electron chi connectivity index (χ0n) is 10.6. The Labute approximate surface area is 112 Å². The molecule has 112 valence electrons. The first-order chi connectivity index (χ1) is 8.84. The minimum absolute atomic E-state index is 0.111. The van der Waals surface area contributed by atoms with Crippen molar-refractivity contribution in [1.82, 2.24) is 5.32 Å². The highest BCUT2D eigenvalue weighted by Crippen LogP contribution is 2.02. The molecule has 19 heavy (non-hydrogen) atoms. The van der Waals surface area contributed by atoms with E-state index in [9.17, 15) is 30.6 Å². The van der Waals surface area contributed by atoms with Gasteiger partial charge in [-0.15, -0.1) is 13.2 Å². The molecule has 7 nitrogen and oxygen atoms in total. The van der Waals surface area contributed by atoms with E-state index in [1.807, 2.05) is 0 Å². The first-order valence-electron chi connectivity index (χ1n) is 5.89. The van der Waals surface area contributed by atoms with E-state index in [1.54, 1.807) is 0 Å². The summed E-state index contributed by atoms with van der Waals surface area (Å²) < 4.78 is 0. The molecule has 0 radical (unpaired) electrons. The largest absolute Gasteiger partial charge is 0.389 e. The lowest BCUT2D eigenvalue weighted by molar-refractivity contribution is -0.0504. The summed E-state index contributed by atoms with van der Waals surface area (Å²) in [7, 11) is 0. The van der Waals surface area contributed by atoms with E-state index in [1.165, 1.54) is 0 Å². The highest BCUT2D eigenvalue weighted by atomic mass is 16.4. The molecule has 0 aliphatic rings. The van der Waals surface area contributed by atoms with Gasteiger partial charge in [-0.05, 0) is 0 Å². The Morgan fingerprint density at radius 1 is 0.737 bits per heavy atom. The van der Waals surface area contributed by atoms with Gasteiger partial charge in [0.05, 0.1) is 12.2 Å². The molecule has 0 saturated heterocycles. The molecule has 0 bridgehead atoms. The molecule has 0 rings (SSSR count). The molecule has 0 heterocycles. The molecule has 7 N–H and O–H groups in total. The van der Waals surface area contributed by atoms with E-state index in [0.29, 0.717) is 0 Å². The second-order valence-electron chi connectivity index (χ2n) is 4.23. The van der Waals surface area contributed by atoms with Crippen LogP contribution >= 0.6 is 0 Å². The van der Waals surface area contributed by atoms with Crippen molar-refractivity contribution in [2.45, 2.75) is 36.6 Å². The quantitative estimate of drug-likeness (QED) is 0.213. The zero-order chi connectivity index (χ0) is 15.0. The Morgan fingerprint density at radius 2 is 1.05 bits per heavy atom. The number of nitrogens with one attached hydrogen (secondary N) is 1. The fourth-order valence-corrected chi connectivity index (χ4v) is 1.35. The molecule has 0 spiro atoms. The SMILES string of the molecule is C=C[C@@H](O)[C@H](O)[C@@H](O)CNC[C@H](O)[C@@H](O)[C@H](O)C=C. The van der Waals surface area contributed by atoms with E-state index >= 15 is 0 Å². The smallest absolute Gasteiger partial charge is 0.111 e. The molecule has 0 aromatic heterocycles. The van der Waals surface area contributed by atoms with Gasteiger partial charge in [0.2, 0.25) is 0 Å².